The molecule has 1 aliphatic carbocycles. The number of nitrogens with one attached hydrogen (secondary N) is 2. The molecule has 4 N–H and O–H groups in total. The summed E-state index contributed by atoms with van der Waals surface area (Å²) >= 11 is 0. The molecule has 2 rings (SSSR count). The number of halogens is 1. The average Bonchev–Trinajstić information content (AvgIpc) is 3.05. The Bertz CT molecular complexity index is 328. The van der Waals surface area contributed by atoms with Crippen molar-refractivity contribution in [2.75, 3.05) is 19.7 Å². The number of hydrogen-bond acceptors (Lipinski definition) is 3. The first-order valence-electron chi connectivity index (χ1n) is 7.19. The topological polar surface area (TPSA) is 88.7 Å². The maximum absolute atomic E-state index is 11.4. The van der Waals surface area contributed by atoms with Crippen molar-refractivity contribution in [2.24, 2.45) is 10.7 Å². The zero-order chi connectivity index (χ0) is 13.5. The molecule has 7 heteroatoms. The summed E-state index contributed by atoms with van der Waals surface area (Å²) in [6, 6.07) is 0.443. The minimum absolute atomic E-state index is 0. The van der Waals surface area contributed by atoms with Crippen LogP contribution in [0.15, 0.2) is 4.99 Å². The molecule has 116 valence electrons. The van der Waals surface area contributed by atoms with Crippen LogP contribution in [0.1, 0.15) is 38.5 Å². The number of hydrogen-bond donors (Lipinski definition) is 3. The molecular formula is C13H25IN4O2. The fourth-order valence-electron chi connectivity index (χ4n) is 2.04. The molecule has 1 saturated carbocycles. The minimum Gasteiger partial charge on any atom is -0.376 e. The van der Waals surface area contributed by atoms with Gasteiger partial charge in [-0.15, -0.1) is 24.0 Å². The van der Waals surface area contributed by atoms with Crippen LogP contribution in [0.5, 0.6) is 0 Å². The monoisotopic (exact) mass is 396 g/mol. The van der Waals surface area contributed by atoms with Gasteiger partial charge < -0.3 is 21.1 Å². The van der Waals surface area contributed by atoms with Gasteiger partial charge in [0.15, 0.2) is 5.96 Å². The maximum atomic E-state index is 11.4. The van der Waals surface area contributed by atoms with Crippen LogP contribution in [0.4, 0.5) is 0 Å². The van der Waals surface area contributed by atoms with Crippen LogP contribution in [-0.2, 0) is 9.53 Å². The van der Waals surface area contributed by atoms with Gasteiger partial charge in [0, 0.05) is 25.6 Å². The highest BCUT2D eigenvalue weighted by Crippen LogP contribution is 2.18. The molecule has 1 saturated heterocycles. The number of aliphatic imine (C=N–C) groups is 1. The molecule has 2 fully saturated rings. The van der Waals surface area contributed by atoms with Crippen molar-refractivity contribution < 1.29 is 9.53 Å². The van der Waals surface area contributed by atoms with E-state index >= 15 is 0 Å². The van der Waals surface area contributed by atoms with Crippen LogP contribution in [-0.4, -0.2) is 43.7 Å². The highest BCUT2D eigenvalue weighted by atomic mass is 127. The Morgan fingerprint density at radius 1 is 1.35 bits per heavy atom. The van der Waals surface area contributed by atoms with E-state index in [2.05, 4.69) is 15.6 Å². The third-order valence-corrected chi connectivity index (χ3v) is 3.32. The number of amides is 1. The summed E-state index contributed by atoms with van der Waals surface area (Å²) in [6.45, 7) is 2.14. The zero-order valence-electron chi connectivity index (χ0n) is 11.8. The first-order chi connectivity index (χ1) is 9.24. The number of rotatable bonds is 7. The quantitative estimate of drug-likeness (QED) is 0.257. The van der Waals surface area contributed by atoms with Gasteiger partial charge in [0.05, 0.1) is 12.6 Å². The highest BCUT2D eigenvalue weighted by Gasteiger charge is 2.22. The molecule has 1 atom stereocenters. The van der Waals surface area contributed by atoms with E-state index in [0.717, 1.165) is 38.7 Å². The smallest absolute Gasteiger partial charge is 0.220 e. The van der Waals surface area contributed by atoms with Gasteiger partial charge >= 0.3 is 0 Å². The summed E-state index contributed by atoms with van der Waals surface area (Å²) < 4.78 is 5.46. The van der Waals surface area contributed by atoms with E-state index in [1.165, 1.54) is 0 Å². The Hall–Kier alpha value is -0.570. The largest absolute Gasteiger partial charge is 0.376 e. The Morgan fingerprint density at radius 3 is 2.80 bits per heavy atom. The van der Waals surface area contributed by atoms with E-state index < -0.39 is 0 Å². The Kier molecular flexibility index (Phi) is 8.20. The molecule has 0 bridgehead atoms. The van der Waals surface area contributed by atoms with E-state index in [4.69, 9.17) is 10.5 Å². The van der Waals surface area contributed by atoms with Crippen LogP contribution >= 0.6 is 24.0 Å². The number of carbonyl (C=O) groups excluding carboxylic acids is 1. The first-order valence-corrected chi connectivity index (χ1v) is 7.19. The molecule has 6 nitrogen and oxygen atoms in total. The van der Waals surface area contributed by atoms with Gasteiger partial charge in [-0.1, -0.05) is 0 Å². The van der Waals surface area contributed by atoms with E-state index in [-0.39, 0.29) is 36.0 Å². The van der Waals surface area contributed by atoms with Gasteiger partial charge in [-0.3, -0.25) is 9.79 Å². The number of ether oxygens (including phenoxy) is 1. The van der Waals surface area contributed by atoms with E-state index in [0.29, 0.717) is 31.5 Å². The van der Waals surface area contributed by atoms with Gasteiger partial charge in [0.25, 0.3) is 0 Å². The summed E-state index contributed by atoms with van der Waals surface area (Å²) in [5.74, 6) is 0.581. The van der Waals surface area contributed by atoms with Gasteiger partial charge in [-0.25, -0.2) is 0 Å². The fourth-order valence-corrected chi connectivity index (χ4v) is 2.04. The predicted molar refractivity (Wildman–Crippen MR) is 89.3 cm³/mol. The molecular weight excluding hydrogens is 371 g/mol. The highest BCUT2D eigenvalue weighted by molar-refractivity contribution is 14.0. The second-order valence-corrected chi connectivity index (χ2v) is 5.23. The summed E-state index contributed by atoms with van der Waals surface area (Å²) in [7, 11) is 0. The SMILES string of the molecule is I.NC(=NCC1CCCO1)NCCCC(=O)NC1CC1. The molecule has 1 unspecified atom stereocenters. The molecule has 0 aromatic carbocycles. The zero-order valence-corrected chi connectivity index (χ0v) is 14.1. The van der Waals surface area contributed by atoms with Gasteiger partial charge in [0.1, 0.15) is 0 Å². The predicted octanol–water partition coefficient (Wildman–Crippen LogP) is 0.746. The van der Waals surface area contributed by atoms with E-state index in [1.54, 1.807) is 0 Å². The molecule has 1 heterocycles. The Labute approximate surface area is 137 Å². The van der Waals surface area contributed by atoms with Crippen molar-refractivity contribution in [1.29, 1.82) is 0 Å². The summed E-state index contributed by atoms with van der Waals surface area (Å²) in [5.41, 5.74) is 5.74. The van der Waals surface area contributed by atoms with Gasteiger partial charge in [-0.2, -0.15) is 0 Å². The summed E-state index contributed by atoms with van der Waals surface area (Å²) in [4.78, 5) is 15.7. The van der Waals surface area contributed by atoms with Crippen LogP contribution in [0.25, 0.3) is 0 Å². The lowest BCUT2D eigenvalue weighted by molar-refractivity contribution is -0.121. The third-order valence-electron chi connectivity index (χ3n) is 3.32. The lowest BCUT2D eigenvalue weighted by Gasteiger charge is -2.08. The van der Waals surface area contributed by atoms with Crippen molar-refractivity contribution >= 4 is 35.8 Å². The maximum Gasteiger partial charge on any atom is 0.220 e. The van der Waals surface area contributed by atoms with E-state index in [9.17, 15) is 4.79 Å². The second-order valence-electron chi connectivity index (χ2n) is 5.23. The van der Waals surface area contributed by atoms with Crippen LogP contribution in [0, 0.1) is 0 Å². The normalized spacial score (nSPS) is 22.2. The van der Waals surface area contributed by atoms with Crippen molar-refractivity contribution in [3.05, 3.63) is 0 Å². The second kappa shape index (κ2) is 9.38. The van der Waals surface area contributed by atoms with E-state index in [1.807, 2.05) is 0 Å². The van der Waals surface area contributed by atoms with Crippen LogP contribution in [0.3, 0.4) is 0 Å². The Balaban J connectivity index is 0.00000200. The van der Waals surface area contributed by atoms with Crippen LogP contribution < -0.4 is 16.4 Å². The number of guanidine groups is 1. The number of nitrogens with zero attached hydrogens (tertiary/aromatic N) is 1. The molecule has 20 heavy (non-hydrogen) atoms. The standard InChI is InChI=1S/C13H24N4O2.HI/c14-13(16-9-11-3-2-8-19-11)15-7-1-4-12(18)17-10-5-6-10;/h10-11H,1-9H2,(H,17,18)(H3,14,15,16);1H. The molecule has 0 spiro atoms. The van der Waals surface area contributed by atoms with Crippen molar-refractivity contribution in [2.45, 2.75) is 50.7 Å². The van der Waals surface area contributed by atoms with Gasteiger partial charge in [-0.05, 0) is 32.1 Å². The molecule has 0 radical (unpaired) electrons. The third kappa shape index (κ3) is 7.28. The molecule has 0 aromatic heterocycles. The van der Waals surface area contributed by atoms with Crippen molar-refractivity contribution in [3.63, 3.8) is 0 Å². The Morgan fingerprint density at radius 2 is 2.15 bits per heavy atom. The van der Waals surface area contributed by atoms with Crippen molar-refractivity contribution in [3.8, 4) is 0 Å². The van der Waals surface area contributed by atoms with Crippen LogP contribution in [0.2, 0.25) is 0 Å². The summed E-state index contributed by atoms with van der Waals surface area (Å²) in [6.07, 6.45) is 5.99. The molecule has 1 amide bonds. The van der Waals surface area contributed by atoms with Gasteiger partial charge in [0.2, 0.25) is 5.91 Å². The first kappa shape index (κ1) is 17.5. The summed E-state index contributed by atoms with van der Waals surface area (Å²) in [5, 5.41) is 5.98. The lowest BCUT2D eigenvalue weighted by atomic mass is 10.2. The molecule has 1 aliphatic heterocycles. The average molecular weight is 396 g/mol. The molecule has 0 aromatic rings. The molecule has 2 aliphatic rings. The number of nitrogens with two attached hydrogens (primary N) is 1. The number of carbonyl (C=O) groups is 1. The fraction of sp³-hybridized carbons (Fsp3) is 0.846. The lowest BCUT2D eigenvalue weighted by Crippen LogP contribution is -2.34. The minimum atomic E-state index is 0. The van der Waals surface area contributed by atoms with Crippen molar-refractivity contribution in [1.82, 2.24) is 10.6 Å².